The van der Waals surface area contributed by atoms with Gasteiger partial charge < -0.3 is 16.2 Å². The number of amides is 1. The van der Waals surface area contributed by atoms with Crippen LogP contribution in [0.15, 0.2) is 30.3 Å². The van der Waals surface area contributed by atoms with Crippen LogP contribution in [0.5, 0.6) is 5.75 Å². The van der Waals surface area contributed by atoms with Gasteiger partial charge in [-0.15, -0.1) is 11.3 Å². The number of thiophene rings is 1. The van der Waals surface area contributed by atoms with Gasteiger partial charge in [0.15, 0.2) is 0 Å². The maximum Gasteiger partial charge on any atom is 0.433 e. The van der Waals surface area contributed by atoms with Crippen molar-refractivity contribution in [2.45, 2.75) is 6.18 Å². The number of nitrogens with zero attached hydrogens (tertiary/aromatic N) is 1. The summed E-state index contributed by atoms with van der Waals surface area (Å²) in [6.07, 6.45) is -4.64. The van der Waals surface area contributed by atoms with E-state index in [1.807, 2.05) is 0 Å². The SMILES string of the molecule is COc1ccc(-c2cc(C(F)(F)F)nc3sc(C(N)=O)c(N)c23)cc1. The Hall–Kier alpha value is -2.81. The number of carbonyl (C=O) groups excluding carboxylic acids is 1. The van der Waals surface area contributed by atoms with Crippen molar-refractivity contribution in [3.8, 4) is 16.9 Å². The highest BCUT2D eigenvalue weighted by atomic mass is 32.1. The largest absolute Gasteiger partial charge is 0.497 e. The van der Waals surface area contributed by atoms with Gasteiger partial charge in [0, 0.05) is 5.39 Å². The second-order valence-electron chi connectivity index (χ2n) is 5.17. The summed E-state index contributed by atoms with van der Waals surface area (Å²) in [5, 5.41) is 0.275. The lowest BCUT2D eigenvalue weighted by atomic mass is 10.0. The molecule has 0 aliphatic carbocycles. The third-order valence-corrected chi connectivity index (χ3v) is 4.73. The molecule has 0 spiro atoms. The van der Waals surface area contributed by atoms with Crippen molar-refractivity contribution in [2.24, 2.45) is 5.73 Å². The van der Waals surface area contributed by atoms with Gasteiger partial charge in [-0.05, 0) is 29.3 Å². The molecule has 0 aliphatic rings. The minimum atomic E-state index is -4.64. The lowest BCUT2D eigenvalue weighted by Gasteiger charge is -2.11. The average Bonchev–Trinajstić information content (AvgIpc) is 2.91. The van der Waals surface area contributed by atoms with Crippen molar-refractivity contribution in [3.63, 3.8) is 0 Å². The molecule has 0 saturated carbocycles. The normalized spacial score (nSPS) is 11.7. The number of benzene rings is 1. The first-order chi connectivity index (χ1) is 11.7. The van der Waals surface area contributed by atoms with E-state index in [-0.39, 0.29) is 26.3 Å². The second-order valence-corrected chi connectivity index (χ2v) is 6.17. The fourth-order valence-electron chi connectivity index (χ4n) is 2.45. The molecule has 0 aliphatic heterocycles. The summed E-state index contributed by atoms with van der Waals surface area (Å²) < 4.78 is 44.6. The van der Waals surface area contributed by atoms with Crippen LogP contribution in [0.2, 0.25) is 0 Å². The number of fused-ring (bicyclic) bond motifs is 1. The van der Waals surface area contributed by atoms with Crippen molar-refractivity contribution >= 4 is 33.1 Å². The van der Waals surface area contributed by atoms with Gasteiger partial charge in [-0.25, -0.2) is 4.98 Å². The van der Waals surface area contributed by atoms with Crippen LogP contribution in [0.1, 0.15) is 15.4 Å². The molecule has 3 aromatic rings. The number of hydrogen-bond donors (Lipinski definition) is 2. The van der Waals surface area contributed by atoms with Gasteiger partial charge >= 0.3 is 6.18 Å². The number of alkyl halides is 3. The predicted octanol–water partition coefficient (Wildman–Crippen LogP) is 3.67. The molecule has 1 aromatic carbocycles. The van der Waals surface area contributed by atoms with E-state index in [4.69, 9.17) is 16.2 Å². The molecule has 0 bridgehead atoms. The van der Waals surface area contributed by atoms with Gasteiger partial charge in [0.2, 0.25) is 0 Å². The molecule has 0 atom stereocenters. The van der Waals surface area contributed by atoms with Gasteiger partial charge in [-0.2, -0.15) is 13.2 Å². The number of aromatic nitrogens is 1. The number of rotatable bonds is 3. The molecule has 1 amide bonds. The summed E-state index contributed by atoms with van der Waals surface area (Å²) in [4.78, 5) is 15.1. The van der Waals surface area contributed by atoms with Crippen molar-refractivity contribution in [2.75, 3.05) is 12.8 Å². The van der Waals surface area contributed by atoms with E-state index >= 15 is 0 Å². The molecule has 5 nitrogen and oxygen atoms in total. The molecule has 3 rings (SSSR count). The van der Waals surface area contributed by atoms with Gasteiger partial charge in [-0.3, -0.25) is 4.79 Å². The third-order valence-electron chi connectivity index (χ3n) is 3.61. The standard InChI is InChI=1S/C16H12F3N3O2S/c1-24-8-4-2-7(3-5-8)9-6-10(16(17,18)19)22-15-11(9)12(20)13(25-15)14(21)23/h2-6H,20H2,1H3,(H2,21,23). The Morgan fingerprint density at radius 1 is 1.24 bits per heavy atom. The number of nitrogen functional groups attached to an aromatic ring is 1. The summed E-state index contributed by atoms with van der Waals surface area (Å²) in [6.45, 7) is 0. The minimum absolute atomic E-state index is 0.00643. The van der Waals surface area contributed by atoms with Gasteiger partial charge in [0.05, 0.1) is 12.8 Å². The number of anilines is 1. The molecule has 25 heavy (non-hydrogen) atoms. The summed E-state index contributed by atoms with van der Waals surface area (Å²) >= 11 is 0.743. The maximum atomic E-state index is 13.2. The van der Waals surface area contributed by atoms with Crippen LogP contribution in [0.25, 0.3) is 21.3 Å². The molecule has 2 aromatic heterocycles. The van der Waals surface area contributed by atoms with Crippen LogP contribution in [-0.2, 0) is 6.18 Å². The first kappa shape index (κ1) is 17.0. The molecular formula is C16H12F3N3O2S. The summed E-state index contributed by atoms with van der Waals surface area (Å²) in [6, 6.07) is 7.36. The lowest BCUT2D eigenvalue weighted by Crippen LogP contribution is -2.10. The predicted molar refractivity (Wildman–Crippen MR) is 89.5 cm³/mol. The van der Waals surface area contributed by atoms with Crippen molar-refractivity contribution in [1.29, 1.82) is 0 Å². The fraction of sp³-hybridized carbons (Fsp3) is 0.125. The Labute approximate surface area is 144 Å². The number of methoxy groups -OCH3 is 1. The molecule has 9 heteroatoms. The Morgan fingerprint density at radius 2 is 1.88 bits per heavy atom. The zero-order chi connectivity index (χ0) is 18.4. The van der Waals surface area contributed by atoms with E-state index < -0.39 is 17.8 Å². The van der Waals surface area contributed by atoms with Gasteiger partial charge in [0.1, 0.15) is 21.2 Å². The Kier molecular flexibility index (Phi) is 4.03. The molecule has 0 saturated heterocycles. The van der Waals surface area contributed by atoms with Crippen LogP contribution in [-0.4, -0.2) is 18.0 Å². The van der Waals surface area contributed by atoms with E-state index in [1.54, 1.807) is 24.3 Å². The van der Waals surface area contributed by atoms with Crippen molar-refractivity contribution in [1.82, 2.24) is 4.98 Å². The first-order valence-corrected chi connectivity index (χ1v) is 7.78. The molecule has 2 heterocycles. The Bertz CT molecular complexity index is 965. The van der Waals surface area contributed by atoms with Crippen LogP contribution >= 0.6 is 11.3 Å². The summed E-state index contributed by atoms with van der Waals surface area (Å²) in [5.74, 6) is -0.254. The smallest absolute Gasteiger partial charge is 0.433 e. The highest BCUT2D eigenvalue weighted by Crippen LogP contribution is 2.42. The number of halogens is 3. The second kappa shape index (κ2) is 5.92. The van der Waals surface area contributed by atoms with Crippen molar-refractivity contribution in [3.05, 3.63) is 40.9 Å². The summed E-state index contributed by atoms with van der Waals surface area (Å²) in [5.41, 5.74) is 10.9. The fourth-order valence-corrected chi connectivity index (χ4v) is 3.42. The van der Waals surface area contributed by atoms with Crippen LogP contribution in [0.3, 0.4) is 0 Å². The van der Waals surface area contributed by atoms with E-state index in [0.717, 1.165) is 17.4 Å². The van der Waals surface area contributed by atoms with E-state index in [2.05, 4.69) is 4.98 Å². The third kappa shape index (κ3) is 2.98. The zero-order valence-corrected chi connectivity index (χ0v) is 13.7. The number of pyridine rings is 1. The average molecular weight is 367 g/mol. The number of primary amides is 1. The first-order valence-electron chi connectivity index (χ1n) is 6.96. The van der Waals surface area contributed by atoms with Gasteiger partial charge in [0.25, 0.3) is 5.91 Å². The molecule has 0 radical (unpaired) electrons. The quantitative estimate of drug-likeness (QED) is 0.739. The molecular weight excluding hydrogens is 355 g/mol. The number of carbonyl (C=O) groups is 1. The lowest BCUT2D eigenvalue weighted by molar-refractivity contribution is -0.140. The molecule has 0 unspecified atom stereocenters. The van der Waals surface area contributed by atoms with E-state index in [1.165, 1.54) is 7.11 Å². The molecule has 0 fully saturated rings. The monoisotopic (exact) mass is 367 g/mol. The number of nitrogens with two attached hydrogens (primary N) is 2. The van der Waals surface area contributed by atoms with Crippen molar-refractivity contribution < 1.29 is 22.7 Å². The zero-order valence-electron chi connectivity index (χ0n) is 12.8. The van der Waals surface area contributed by atoms with Gasteiger partial charge in [-0.1, -0.05) is 12.1 Å². The molecule has 130 valence electrons. The number of hydrogen-bond acceptors (Lipinski definition) is 5. The Balaban J connectivity index is 2.35. The Morgan fingerprint density at radius 3 is 2.40 bits per heavy atom. The van der Waals surface area contributed by atoms with Crippen LogP contribution in [0.4, 0.5) is 18.9 Å². The molecule has 4 N–H and O–H groups in total. The van der Waals surface area contributed by atoms with E-state index in [0.29, 0.717) is 11.3 Å². The minimum Gasteiger partial charge on any atom is -0.497 e. The number of ether oxygens (including phenoxy) is 1. The highest BCUT2D eigenvalue weighted by Gasteiger charge is 2.34. The topological polar surface area (TPSA) is 91.2 Å². The van der Waals surface area contributed by atoms with Crippen LogP contribution in [0, 0.1) is 0 Å². The van der Waals surface area contributed by atoms with Crippen LogP contribution < -0.4 is 16.2 Å². The highest BCUT2D eigenvalue weighted by molar-refractivity contribution is 7.21. The van der Waals surface area contributed by atoms with E-state index in [9.17, 15) is 18.0 Å². The summed E-state index contributed by atoms with van der Waals surface area (Å²) in [7, 11) is 1.48. The maximum absolute atomic E-state index is 13.2.